The van der Waals surface area contributed by atoms with Crippen LogP contribution in [0.2, 0.25) is 0 Å². The van der Waals surface area contributed by atoms with E-state index in [1.807, 2.05) is 26.0 Å². The maximum absolute atomic E-state index is 13.9. The highest BCUT2D eigenvalue weighted by Gasteiger charge is 2.17. The number of rotatable bonds is 2. The topological polar surface area (TPSA) is 0 Å². The zero-order chi connectivity index (χ0) is 13.3. The third-order valence-electron chi connectivity index (χ3n) is 2.93. The molecular formula is C15H13BrClF. The summed E-state index contributed by atoms with van der Waals surface area (Å²) < 4.78 is 14.6. The number of alkyl halides is 1. The van der Waals surface area contributed by atoms with Gasteiger partial charge in [-0.05, 0) is 37.1 Å². The lowest BCUT2D eigenvalue weighted by Crippen LogP contribution is -1.99. The van der Waals surface area contributed by atoms with Crippen LogP contribution in [-0.4, -0.2) is 0 Å². The van der Waals surface area contributed by atoms with Crippen LogP contribution in [0.4, 0.5) is 4.39 Å². The Kier molecular flexibility index (Phi) is 4.08. The third kappa shape index (κ3) is 2.76. The van der Waals surface area contributed by atoms with Crippen LogP contribution in [0, 0.1) is 19.7 Å². The first-order chi connectivity index (χ1) is 8.49. The molecule has 18 heavy (non-hydrogen) atoms. The van der Waals surface area contributed by atoms with Crippen molar-refractivity contribution in [3.8, 4) is 0 Å². The summed E-state index contributed by atoms with van der Waals surface area (Å²) in [7, 11) is 0. The van der Waals surface area contributed by atoms with Crippen LogP contribution in [0.5, 0.6) is 0 Å². The van der Waals surface area contributed by atoms with Crippen molar-refractivity contribution < 1.29 is 4.39 Å². The van der Waals surface area contributed by atoms with Crippen molar-refractivity contribution in [3.63, 3.8) is 0 Å². The minimum absolute atomic E-state index is 0.288. The zero-order valence-electron chi connectivity index (χ0n) is 10.2. The van der Waals surface area contributed by atoms with Gasteiger partial charge in [-0.2, -0.15) is 0 Å². The fourth-order valence-corrected chi connectivity index (χ4v) is 2.74. The maximum atomic E-state index is 13.9. The van der Waals surface area contributed by atoms with Crippen LogP contribution >= 0.6 is 27.5 Å². The second-order valence-electron chi connectivity index (χ2n) is 4.39. The van der Waals surface area contributed by atoms with Gasteiger partial charge in [-0.3, -0.25) is 0 Å². The number of hydrogen-bond donors (Lipinski definition) is 0. The molecule has 0 aliphatic heterocycles. The van der Waals surface area contributed by atoms with Crippen LogP contribution < -0.4 is 0 Å². The molecule has 3 heteroatoms. The van der Waals surface area contributed by atoms with Crippen LogP contribution in [0.25, 0.3) is 0 Å². The summed E-state index contributed by atoms with van der Waals surface area (Å²) in [6, 6.07) is 11.0. The molecule has 0 aliphatic rings. The molecule has 0 aliphatic carbocycles. The minimum Gasteiger partial charge on any atom is -0.207 e. The number of benzene rings is 2. The van der Waals surface area contributed by atoms with E-state index in [1.165, 1.54) is 11.6 Å². The molecule has 1 atom stereocenters. The number of hydrogen-bond acceptors (Lipinski definition) is 0. The average Bonchev–Trinajstić information content (AvgIpc) is 2.28. The fraction of sp³-hybridized carbons (Fsp3) is 0.200. The molecule has 0 fully saturated rings. The molecule has 0 bridgehead atoms. The van der Waals surface area contributed by atoms with E-state index in [0.29, 0.717) is 10.0 Å². The summed E-state index contributed by atoms with van der Waals surface area (Å²) in [5.41, 5.74) is 3.71. The first-order valence-corrected chi connectivity index (χ1v) is 6.88. The summed E-state index contributed by atoms with van der Waals surface area (Å²) in [5, 5.41) is -0.460. The van der Waals surface area contributed by atoms with Gasteiger partial charge >= 0.3 is 0 Å². The SMILES string of the molecule is Cc1ccc(C(Cl)c2ccc(Br)cc2F)c(C)c1. The van der Waals surface area contributed by atoms with E-state index in [-0.39, 0.29) is 5.82 Å². The Labute approximate surface area is 120 Å². The van der Waals surface area contributed by atoms with Gasteiger partial charge in [-0.1, -0.05) is 45.8 Å². The van der Waals surface area contributed by atoms with Crippen molar-refractivity contribution in [3.05, 3.63) is 68.9 Å². The zero-order valence-corrected chi connectivity index (χ0v) is 12.5. The molecule has 0 radical (unpaired) electrons. The summed E-state index contributed by atoms with van der Waals surface area (Å²) in [5.74, 6) is -0.288. The minimum atomic E-state index is -0.460. The van der Waals surface area contributed by atoms with E-state index in [0.717, 1.165) is 11.1 Å². The van der Waals surface area contributed by atoms with E-state index in [4.69, 9.17) is 11.6 Å². The summed E-state index contributed by atoms with van der Waals surface area (Å²) in [6.07, 6.45) is 0. The van der Waals surface area contributed by atoms with Gasteiger partial charge in [0.1, 0.15) is 5.82 Å². The first kappa shape index (κ1) is 13.6. The van der Waals surface area contributed by atoms with Gasteiger partial charge in [-0.15, -0.1) is 11.6 Å². The molecule has 2 aromatic carbocycles. The molecule has 0 spiro atoms. The molecule has 0 N–H and O–H groups in total. The van der Waals surface area contributed by atoms with E-state index >= 15 is 0 Å². The van der Waals surface area contributed by atoms with Crippen molar-refractivity contribution in [1.29, 1.82) is 0 Å². The standard InChI is InChI=1S/C15H13BrClF/c1-9-3-5-12(10(2)7-9)15(17)13-6-4-11(16)8-14(13)18/h3-8,15H,1-2H3. The van der Waals surface area contributed by atoms with Gasteiger partial charge in [-0.25, -0.2) is 4.39 Å². The first-order valence-electron chi connectivity index (χ1n) is 5.65. The van der Waals surface area contributed by atoms with E-state index in [1.54, 1.807) is 12.1 Å². The van der Waals surface area contributed by atoms with Crippen molar-refractivity contribution in [2.24, 2.45) is 0 Å². The summed E-state index contributed by atoms with van der Waals surface area (Å²) >= 11 is 9.63. The van der Waals surface area contributed by atoms with Crippen LogP contribution in [0.3, 0.4) is 0 Å². The molecule has 0 nitrogen and oxygen atoms in total. The van der Waals surface area contributed by atoms with Gasteiger partial charge in [0.05, 0.1) is 5.38 Å². The molecule has 2 rings (SSSR count). The summed E-state index contributed by atoms with van der Waals surface area (Å²) in [6.45, 7) is 4.02. The second-order valence-corrected chi connectivity index (χ2v) is 5.74. The molecule has 1 unspecified atom stereocenters. The second kappa shape index (κ2) is 5.41. The Hall–Kier alpha value is -0.860. The Balaban J connectivity index is 2.44. The lowest BCUT2D eigenvalue weighted by Gasteiger charge is -2.14. The lowest BCUT2D eigenvalue weighted by molar-refractivity contribution is 0.611. The maximum Gasteiger partial charge on any atom is 0.129 e. The van der Waals surface area contributed by atoms with Crippen molar-refractivity contribution in [1.82, 2.24) is 0 Å². The number of aryl methyl sites for hydroxylation is 2. The van der Waals surface area contributed by atoms with Crippen LogP contribution in [0.1, 0.15) is 27.6 Å². The Morgan fingerprint density at radius 3 is 2.33 bits per heavy atom. The van der Waals surface area contributed by atoms with Crippen molar-refractivity contribution in [2.45, 2.75) is 19.2 Å². The normalized spacial score (nSPS) is 12.5. The number of halogens is 3. The highest BCUT2D eigenvalue weighted by molar-refractivity contribution is 9.10. The highest BCUT2D eigenvalue weighted by Crippen LogP contribution is 2.33. The van der Waals surface area contributed by atoms with E-state index < -0.39 is 5.38 Å². The highest BCUT2D eigenvalue weighted by atomic mass is 79.9. The predicted molar refractivity (Wildman–Crippen MR) is 77.7 cm³/mol. The van der Waals surface area contributed by atoms with Gasteiger partial charge in [0.2, 0.25) is 0 Å². The largest absolute Gasteiger partial charge is 0.207 e. The molecule has 0 heterocycles. The lowest BCUT2D eigenvalue weighted by atomic mass is 9.98. The molecule has 0 saturated carbocycles. The average molecular weight is 328 g/mol. The fourth-order valence-electron chi connectivity index (χ4n) is 1.98. The predicted octanol–water partition coefficient (Wildman–Crippen LogP) is 5.53. The molecule has 94 valence electrons. The van der Waals surface area contributed by atoms with Gasteiger partial charge in [0.15, 0.2) is 0 Å². The molecule has 0 amide bonds. The molecular weight excluding hydrogens is 315 g/mol. The van der Waals surface area contributed by atoms with Crippen LogP contribution in [0.15, 0.2) is 40.9 Å². The van der Waals surface area contributed by atoms with Crippen molar-refractivity contribution in [2.75, 3.05) is 0 Å². The van der Waals surface area contributed by atoms with Crippen LogP contribution in [-0.2, 0) is 0 Å². The Morgan fingerprint density at radius 1 is 1.06 bits per heavy atom. The summed E-state index contributed by atoms with van der Waals surface area (Å²) in [4.78, 5) is 0. The Bertz CT molecular complexity index is 529. The van der Waals surface area contributed by atoms with Gasteiger partial charge in [0, 0.05) is 10.0 Å². The molecule has 0 saturated heterocycles. The van der Waals surface area contributed by atoms with Gasteiger partial charge in [0.25, 0.3) is 0 Å². The van der Waals surface area contributed by atoms with Crippen molar-refractivity contribution >= 4 is 27.5 Å². The third-order valence-corrected chi connectivity index (χ3v) is 3.90. The molecule has 2 aromatic rings. The smallest absolute Gasteiger partial charge is 0.129 e. The Morgan fingerprint density at radius 2 is 1.72 bits per heavy atom. The van der Waals surface area contributed by atoms with Gasteiger partial charge < -0.3 is 0 Å². The quantitative estimate of drug-likeness (QED) is 0.636. The van der Waals surface area contributed by atoms with E-state index in [2.05, 4.69) is 22.0 Å². The monoisotopic (exact) mass is 326 g/mol. The molecule has 0 aromatic heterocycles. The van der Waals surface area contributed by atoms with E-state index in [9.17, 15) is 4.39 Å².